The normalized spacial score (nSPS) is 19.8. The van der Waals surface area contributed by atoms with Gasteiger partial charge in [0.15, 0.2) is 0 Å². The summed E-state index contributed by atoms with van der Waals surface area (Å²) in [5.74, 6) is 0.0838. The van der Waals surface area contributed by atoms with Gasteiger partial charge in [-0.15, -0.1) is 5.10 Å². The highest BCUT2D eigenvalue weighted by Crippen LogP contribution is 2.38. The first kappa shape index (κ1) is 41.0. The van der Waals surface area contributed by atoms with E-state index in [0.29, 0.717) is 36.5 Å². The Morgan fingerprint density at radius 3 is 2.52 bits per heavy atom. The van der Waals surface area contributed by atoms with Gasteiger partial charge in [-0.2, -0.15) is 13.2 Å². The van der Waals surface area contributed by atoms with Crippen molar-refractivity contribution in [1.29, 1.82) is 0 Å². The number of nitrogens with one attached hydrogen (secondary N) is 3. The third-order valence-corrected chi connectivity index (χ3v) is 12.3. The largest absolute Gasteiger partial charge is 0.476 e. The molecule has 1 aliphatic carbocycles. The molecule has 2 aliphatic heterocycles. The summed E-state index contributed by atoms with van der Waals surface area (Å²) < 4.78 is 78.4. The minimum absolute atomic E-state index is 0.0102. The lowest BCUT2D eigenvalue weighted by Gasteiger charge is -2.37. The number of alkyl halides is 3. The standard InChI is InChI=1S/C41H52F3N7O4S/c1-28-23-31-15-12-17-34(28)56(53,54)49-35-19-18-33(51-22-20-36(48-51)55-27-40(4,5)41(42,43)44)37(47-35)32-16-10-9-14-29(32)13-8-6-7-11-21-50(31)26-39(2,3)38(52)46-30-24-45-25-30/h9-10,12,14-20,22,30,34,45H,1,6-8,11,13,21,23-27H2,2-5H3,(H,46,52)(H,47,49). The Balaban J connectivity index is 1.30. The molecule has 15 heteroatoms. The number of aryl methyl sites for hydroxylation is 1. The number of fused-ring (bicyclic) bond motifs is 7. The monoisotopic (exact) mass is 795 g/mol. The molecule has 6 rings (SSSR count). The lowest BCUT2D eigenvalue weighted by molar-refractivity contribution is -0.219. The summed E-state index contributed by atoms with van der Waals surface area (Å²) in [6.45, 7) is 12.3. The van der Waals surface area contributed by atoms with Crippen LogP contribution in [0.3, 0.4) is 0 Å². The number of benzene rings is 1. The van der Waals surface area contributed by atoms with Crippen molar-refractivity contribution >= 4 is 21.7 Å². The lowest BCUT2D eigenvalue weighted by atomic mass is 9.90. The molecule has 1 unspecified atom stereocenters. The van der Waals surface area contributed by atoms with E-state index in [4.69, 9.17) is 9.72 Å². The Hall–Kier alpha value is -4.63. The molecule has 3 aliphatic rings. The molecule has 11 nitrogen and oxygen atoms in total. The van der Waals surface area contributed by atoms with E-state index in [1.807, 2.05) is 44.2 Å². The predicted molar refractivity (Wildman–Crippen MR) is 212 cm³/mol. The molecule has 1 aromatic carbocycles. The fourth-order valence-electron chi connectivity index (χ4n) is 6.88. The fourth-order valence-corrected chi connectivity index (χ4v) is 8.23. The highest BCUT2D eigenvalue weighted by atomic mass is 32.2. The number of amides is 1. The van der Waals surface area contributed by atoms with Crippen LogP contribution in [0.5, 0.6) is 5.88 Å². The van der Waals surface area contributed by atoms with E-state index in [2.05, 4.69) is 31.9 Å². The summed E-state index contributed by atoms with van der Waals surface area (Å²) in [5, 5.41) is 9.70. The quantitative estimate of drug-likeness (QED) is 0.209. The number of carbonyl (C=O) groups is 1. The second kappa shape index (κ2) is 16.5. The highest BCUT2D eigenvalue weighted by Gasteiger charge is 2.48. The molecular weight excluding hydrogens is 744 g/mol. The maximum atomic E-state index is 14.1. The van der Waals surface area contributed by atoms with Gasteiger partial charge in [0, 0.05) is 56.1 Å². The molecule has 1 atom stereocenters. The number of pyridine rings is 1. The average molecular weight is 796 g/mol. The molecular formula is C41H52F3N7O4S. The second-order valence-electron chi connectivity index (χ2n) is 16.2. The molecule has 1 amide bonds. The van der Waals surface area contributed by atoms with E-state index in [0.717, 1.165) is 75.9 Å². The van der Waals surface area contributed by atoms with Crippen molar-refractivity contribution in [3.8, 4) is 22.8 Å². The van der Waals surface area contributed by atoms with Gasteiger partial charge in [-0.05, 0) is 76.3 Å². The number of ether oxygens (including phenoxy) is 1. The molecule has 2 aromatic heterocycles. The molecule has 1 fully saturated rings. The van der Waals surface area contributed by atoms with E-state index >= 15 is 0 Å². The summed E-state index contributed by atoms with van der Waals surface area (Å²) in [4.78, 5) is 20.4. The number of aromatic nitrogens is 3. The van der Waals surface area contributed by atoms with E-state index in [1.165, 1.54) is 16.8 Å². The molecule has 4 bridgehead atoms. The van der Waals surface area contributed by atoms with Crippen molar-refractivity contribution in [2.24, 2.45) is 10.8 Å². The molecule has 56 heavy (non-hydrogen) atoms. The molecule has 1 saturated heterocycles. The summed E-state index contributed by atoms with van der Waals surface area (Å²) in [7, 11) is -4.10. The Morgan fingerprint density at radius 2 is 1.79 bits per heavy atom. The first-order chi connectivity index (χ1) is 26.4. The van der Waals surface area contributed by atoms with Crippen LogP contribution in [-0.4, -0.2) is 84.2 Å². The van der Waals surface area contributed by atoms with Gasteiger partial charge in [0.05, 0.1) is 28.3 Å². The second-order valence-corrected chi connectivity index (χ2v) is 18.0. The minimum Gasteiger partial charge on any atom is -0.476 e. The molecule has 0 saturated carbocycles. The van der Waals surface area contributed by atoms with Gasteiger partial charge in [-0.1, -0.05) is 55.8 Å². The molecule has 3 N–H and O–H groups in total. The van der Waals surface area contributed by atoms with Gasteiger partial charge in [0.1, 0.15) is 17.7 Å². The first-order valence-corrected chi connectivity index (χ1v) is 20.7. The van der Waals surface area contributed by atoms with Crippen LogP contribution < -0.4 is 20.1 Å². The highest BCUT2D eigenvalue weighted by molar-refractivity contribution is 7.93. The van der Waals surface area contributed by atoms with Crippen molar-refractivity contribution in [1.82, 2.24) is 30.3 Å². The summed E-state index contributed by atoms with van der Waals surface area (Å²) in [6, 6.07) is 12.6. The third kappa shape index (κ3) is 9.48. The van der Waals surface area contributed by atoms with Gasteiger partial charge in [-0.3, -0.25) is 9.52 Å². The van der Waals surface area contributed by atoms with Crippen LogP contribution in [0.4, 0.5) is 19.0 Å². The Labute approximate surface area is 327 Å². The number of nitrogens with zero attached hydrogens (tertiary/aromatic N) is 4. The number of allylic oxidation sites excluding steroid dienone is 3. The molecule has 302 valence electrons. The van der Waals surface area contributed by atoms with Gasteiger partial charge in [-0.25, -0.2) is 18.1 Å². The zero-order valence-electron chi connectivity index (χ0n) is 32.5. The lowest BCUT2D eigenvalue weighted by Crippen LogP contribution is -2.59. The van der Waals surface area contributed by atoms with E-state index in [9.17, 15) is 26.4 Å². The van der Waals surface area contributed by atoms with E-state index in [-0.39, 0.29) is 23.6 Å². The molecule has 3 aromatic rings. The van der Waals surface area contributed by atoms with Crippen molar-refractivity contribution in [3.63, 3.8) is 0 Å². The smallest absolute Gasteiger partial charge is 0.397 e. The van der Waals surface area contributed by atoms with Crippen LogP contribution in [0.1, 0.15) is 65.4 Å². The minimum atomic E-state index is -4.46. The predicted octanol–water partition coefficient (Wildman–Crippen LogP) is 6.94. The van der Waals surface area contributed by atoms with Gasteiger partial charge < -0.3 is 20.3 Å². The van der Waals surface area contributed by atoms with Gasteiger partial charge in [0.25, 0.3) is 0 Å². The number of sulfonamides is 1. The SMILES string of the molecule is C=C1CC2=CC=CC1S(=O)(=O)Nc1ccc(-n3ccc(OCC(C)(C)C(F)(F)F)n3)c(n1)-c1ccccc1CCCCCCN2CC(C)(C)C(=O)NC1CNC1. The number of rotatable bonds is 8. The molecule has 0 radical (unpaired) electrons. The van der Waals surface area contributed by atoms with E-state index < -0.39 is 38.9 Å². The van der Waals surface area contributed by atoms with Crippen LogP contribution in [0.2, 0.25) is 0 Å². The topological polar surface area (TPSA) is 130 Å². The van der Waals surface area contributed by atoms with Crippen molar-refractivity contribution in [2.45, 2.75) is 83.7 Å². The number of halogens is 3. The molecule has 4 heterocycles. The van der Waals surface area contributed by atoms with Crippen LogP contribution in [0, 0.1) is 10.8 Å². The van der Waals surface area contributed by atoms with Crippen molar-refractivity contribution in [3.05, 3.63) is 90.3 Å². The number of anilines is 1. The van der Waals surface area contributed by atoms with Crippen molar-refractivity contribution in [2.75, 3.05) is 37.5 Å². The van der Waals surface area contributed by atoms with Gasteiger partial charge >= 0.3 is 6.18 Å². The Morgan fingerprint density at radius 1 is 1.04 bits per heavy atom. The van der Waals surface area contributed by atoms with Crippen LogP contribution in [-0.2, 0) is 21.2 Å². The zero-order valence-corrected chi connectivity index (χ0v) is 33.3. The number of carbonyl (C=O) groups excluding carboxylic acids is 1. The Bertz CT molecular complexity index is 2090. The van der Waals surface area contributed by atoms with E-state index in [1.54, 1.807) is 24.4 Å². The fraction of sp³-hybridized carbons (Fsp3) is 0.488. The Kier molecular flexibility index (Phi) is 12.1. The first-order valence-electron chi connectivity index (χ1n) is 19.1. The van der Waals surface area contributed by atoms with Crippen LogP contribution >= 0.6 is 0 Å². The maximum Gasteiger partial charge on any atom is 0.397 e. The zero-order chi connectivity index (χ0) is 40.3. The number of hydrogen-bond acceptors (Lipinski definition) is 8. The van der Waals surface area contributed by atoms with Crippen LogP contribution in [0.25, 0.3) is 16.9 Å². The van der Waals surface area contributed by atoms with Gasteiger partial charge in [0.2, 0.25) is 21.8 Å². The third-order valence-electron chi connectivity index (χ3n) is 10.6. The summed E-state index contributed by atoms with van der Waals surface area (Å²) in [6.07, 6.45) is 7.11. The van der Waals surface area contributed by atoms with Crippen LogP contribution in [0.15, 0.2) is 84.7 Å². The summed E-state index contributed by atoms with van der Waals surface area (Å²) in [5.41, 5.74) is 1.31. The average Bonchev–Trinajstić information content (AvgIpc) is 3.49. The molecule has 0 spiro atoms. The van der Waals surface area contributed by atoms with Crippen molar-refractivity contribution < 1.29 is 31.1 Å². The number of hydrogen-bond donors (Lipinski definition) is 3. The maximum absolute atomic E-state index is 14.1. The summed E-state index contributed by atoms with van der Waals surface area (Å²) >= 11 is 0.